The largest absolute Gasteiger partial charge is 0.449 e. The molecule has 8 atom stereocenters. The Balaban J connectivity index is 1.29. The molecule has 218 valence electrons. The molecule has 3 fully saturated rings. The summed E-state index contributed by atoms with van der Waals surface area (Å²) in [5.41, 5.74) is 6.15. The van der Waals surface area contributed by atoms with E-state index in [0.717, 1.165) is 61.8 Å². The number of hydrogen-bond acceptors (Lipinski definition) is 5. The van der Waals surface area contributed by atoms with Crippen molar-refractivity contribution in [3.63, 3.8) is 0 Å². The van der Waals surface area contributed by atoms with Gasteiger partial charge in [0.15, 0.2) is 5.60 Å². The van der Waals surface area contributed by atoms with Crippen LogP contribution >= 0.6 is 0 Å². The maximum absolute atomic E-state index is 14.2. The van der Waals surface area contributed by atoms with Gasteiger partial charge in [0.05, 0.1) is 11.0 Å². The zero-order valence-corrected chi connectivity index (χ0v) is 24.5. The summed E-state index contributed by atoms with van der Waals surface area (Å²) >= 11 is 0. The van der Waals surface area contributed by atoms with Crippen LogP contribution in [0.5, 0.6) is 0 Å². The number of cyclic esters (lactones) is 1. The minimum absolute atomic E-state index is 0.126. The molecule has 2 aliphatic heterocycles. The molecule has 2 spiro atoms. The van der Waals surface area contributed by atoms with Crippen LogP contribution in [0.4, 0.5) is 0 Å². The molecular weight excluding hydrogens is 522 g/mol. The fourth-order valence-corrected chi connectivity index (χ4v) is 10.7. The van der Waals surface area contributed by atoms with Gasteiger partial charge in [0.25, 0.3) is 0 Å². The van der Waals surface area contributed by atoms with E-state index in [4.69, 9.17) is 15.2 Å². The van der Waals surface area contributed by atoms with Crippen LogP contribution in [-0.2, 0) is 26.3 Å². The number of carbonyl (C=O) groups is 2. The number of hydrogen-bond donors (Lipinski definition) is 1. The maximum Gasteiger partial charge on any atom is 0.339 e. The molecule has 5 heteroatoms. The first-order valence-electron chi connectivity index (χ1n) is 16.2. The Labute approximate surface area is 248 Å². The first-order valence-corrected chi connectivity index (χ1v) is 16.2. The van der Waals surface area contributed by atoms with Gasteiger partial charge in [-0.25, -0.2) is 4.79 Å². The lowest BCUT2D eigenvalue weighted by Crippen LogP contribution is -2.75. The Bertz CT molecular complexity index is 1520. The molecule has 5 nitrogen and oxygen atoms in total. The number of benzene rings is 1. The number of allylic oxidation sites excluding steroid dienone is 8. The molecule has 0 amide bonds. The topological polar surface area (TPSA) is 78.6 Å². The zero-order chi connectivity index (χ0) is 28.7. The first kappa shape index (κ1) is 26.4. The molecule has 7 aliphatic rings. The molecule has 0 radical (unpaired) electrons. The molecule has 0 bridgehead atoms. The summed E-state index contributed by atoms with van der Waals surface area (Å²) in [6, 6.07) is 6.17. The summed E-state index contributed by atoms with van der Waals surface area (Å²) in [6.45, 7) is 2.72. The average Bonchev–Trinajstić information content (AvgIpc) is 3.61. The number of nitrogens with two attached hydrogens (primary N) is 1. The second-order valence-corrected chi connectivity index (χ2v) is 13.7. The fraction of sp³-hybridized carbons (Fsp3) is 0.514. The summed E-state index contributed by atoms with van der Waals surface area (Å²) in [7, 11) is 0. The lowest BCUT2D eigenvalue weighted by atomic mass is 9.32. The van der Waals surface area contributed by atoms with E-state index in [1.165, 1.54) is 12.8 Å². The molecule has 1 aromatic carbocycles. The van der Waals surface area contributed by atoms with Crippen molar-refractivity contribution in [1.82, 2.24) is 0 Å². The van der Waals surface area contributed by atoms with Crippen molar-refractivity contribution in [2.24, 2.45) is 45.7 Å². The first-order chi connectivity index (χ1) is 20.5. The smallest absolute Gasteiger partial charge is 0.339 e. The van der Waals surface area contributed by atoms with Crippen molar-refractivity contribution in [3.8, 4) is 0 Å². The third kappa shape index (κ3) is 2.94. The number of carbonyl (C=O) groups excluding carboxylic acids is 2. The van der Waals surface area contributed by atoms with Crippen molar-refractivity contribution < 1.29 is 19.1 Å². The molecule has 8 rings (SSSR count). The van der Waals surface area contributed by atoms with Crippen LogP contribution in [0.25, 0.3) is 0 Å². The molecule has 1 aromatic rings. The van der Waals surface area contributed by atoms with E-state index in [1.54, 1.807) is 0 Å². The Morgan fingerprint density at radius 3 is 2.76 bits per heavy atom. The summed E-state index contributed by atoms with van der Waals surface area (Å²) in [5, 5.41) is 0. The summed E-state index contributed by atoms with van der Waals surface area (Å²) in [5.74, 6) is 1.37. The fourth-order valence-electron chi connectivity index (χ4n) is 10.7. The van der Waals surface area contributed by atoms with Gasteiger partial charge in [-0.2, -0.15) is 0 Å². The summed E-state index contributed by atoms with van der Waals surface area (Å²) in [4.78, 5) is 28.1. The van der Waals surface area contributed by atoms with Gasteiger partial charge in [-0.3, -0.25) is 4.79 Å². The van der Waals surface area contributed by atoms with Crippen molar-refractivity contribution in [1.29, 1.82) is 0 Å². The second kappa shape index (κ2) is 9.16. The van der Waals surface area contributed by atoms with Crippen LogP contribution in [0.3, 0.4) is 0 Å². The second-order valence-electron chi connectivity index (χ2n) is 13.7. The number of aryl methyl sites for hydroxylation is 1. The number of esters is 2. The molecule has 2 N–H and O–H groups in total. The van der Waals surface area contributed by atoms with Gasteiger partial charge in [-0.15, -0.1) is 0 Å². The van der Waals surface area contributed by atoms with Gasteiger partial charge in [0.2, 0.25) is 0 Å². The van der Waals surface area contributed by atoms with E-state index < -0.39 is 16.4 Å². The Kier molecular flexibility index (Phi) is 5.77. The lowest BCUT2D eigenvalue weighted by molar-refractivity contribution is -0.270. The van der Waals surface area contributed by atoms with Gasteiger partial charge in [-0.05, 0) is 87.3 Å². The van der Waals surface area contributed by atoms with Gasteiger partial charge < -0.3 is 15.2 Å². The SMILES string of the molecule is CCCC1C23C=CCCC2(C(=CC2C=CC4CCC5C=CC=CC54C2)OC3=O)C12OC(=O)c1c(CCCN)cccc12. The monoisotopic (exact) mass is 563 g/mol. The predicted octanol–water partition coefficient (Wildman–Crippen LogP) is 6.85. The van der Waals surface area contributed by atoms with E-state index in [9.17, 15) is 9.59 Å². The van der Waals surface area contributed by atoms with Crippen LogP contribution in [0.2, 0.25) is 0 Å². The average molecular weight is 564 g/mol. The van der Waals surface area contributed by atoms with Gasteiger partial charge in [-0.1, -0.05) is 80.2 Å². The van der Waals surface area contributed by atoms with Crippen LogP contribution in [0, 0.1) is 39.9 Å². The van der Waals surface area contributed by atoms with Crippen LogP contribution < -0.4 is 5.73 Å². The molecular formula is C37H41NO4. The van der Waals surface area contributed by atoms with E-state index in [-0.39, 0.29) is 29.2 Å². The van der Waals surface area contributed by atoms with Crippen LogP contribution in [-0.4, -0.2) is 18.5 Å². The third-order valence-electron chi connectivity index (χ3n) is 12.2. The van der Waals surface area contributed by atoms with E-state index >= 15 is 0 Å². The number of fused-ring (bicyclic) bond motifs is 2. The van der Waals surface area contributed by atoms with Gasteiger partial charge in [0, 0.05) is 16.9 Å². The molecule has 5 aliphatic carbocycles. The normalized spacial score (nSPS) is 42.6. The van der Waals surface area contributed by atoms with E-state index in [1.807, 2.05) is 6.07 Å². The number of rotatable bonds is 6. The summed E-state index contributed by atoms with van der Waals surface area (Å²) < 4.78 is 13.1. The highest BCUT2D eigenvalue weighted by Gasteiger charge is 2.90. The molecule has 0 aromatic heterocycles. The minimum atomic E-state index is -0.917. The minimum Gasteiger partial charge on any atom is -0.449 e. The highest BCUT2D eigenvalue weighted by Crippen LogP contribution is 2.84. The molecule has 2 heterocycles. The highest BCUT2D eigenvalue weighted by molar-refractivity contribution is 5.99. The predicted molar refractivity (Wildman–Crippen MR) is 161 cm³/mol. The Hall–Kier alpha value is -3.18. The van der Waals surface area contributed by atoms with Crippen LogP contribution in [0.1, 0.15) is 79.8 Å². The van der Waals surface area contributed by atoms with Crippen molar-refractivity contribution >= 4 is 11.9 Å². The molecule has 8 unspecified atom stereocenters. The van der Waals surface area contributed by atoms with Gasteiger partial charge in [0.1, 0.15) is 11.2 Å². The van der Waals surface area contributed by atoms with E-state index in [0.29, 0.717) is 23.9 Å². The van der Waals surface area contributed by atoms with Gasteiger partial charge >= 0.3 is 11.9 Å². The lowest BCUT2D eigenvalue weighted by Gasteiger charge is -2.68. The van der Waals surface area contributed by atoms with E-state index in [2.05, 4.69) is 73.7 Å². The van der Waals surface area contributed by atoms with Crippen LogP contribution in [0.15, 0.2) is 78.6 Å². The zero-order valence-electron chi connectivity index (χ0n) is 24.5. The molecule has 42 heavy (non-hydrogen) atoms. The highest BCUT2D eigenvalue weighted by atomic mass is 16.6. The van der Waals surface area contributed by atoms with Crippen molar-refractivity contribution in [3.05, 3.63) is 95.3 Å². The quantitative estimate of drug-likeness (QED) is 0.302. The number of ether oxygens (including phenoxy) is 2. The molecule has 2 saturated carbocycles. The summed E-state index contributed by atoms with van der Waals surface area (Å²) in [6.07, 6.45) is 28.7. The third-order valence-corrected chi connectivity index (χ3v) is 12.2. The maximum atomic E-state index is 14.2. The standard InChI is InChI=1S/C37H41NO4/c1-2-9-29-35-19-5-6-20-36(35,37(29)28-13-7-10-25(11-8-21-38)31(28)32(39)42-37)30(41-33(35)40)22-24-14-15-27-17-16-26-12-3-4-18-34(26,27)23-24/h3-5,7,10,12-15,18-19,22,24,26-27,29H,2,6,8-9,11,16-17,20-21,23,38H2,1H3. The Morgan fingerprint density at radius 2 is 1.93 bits per heavy atom. The Morgan fingerprint density at radius 1 is 1.07 bits per heavy atom. The van der Waals surface area contributed by atoms with Crippen molar-refractivity contribution in [2.75, 3.05) is 6.54 Å². The molecule has 1 saturated heterocycles. The van der Waals surface area contributed by atoms with Crippen molar-refractivity contribution in [2.45, 2.75) is 70.3 Å².